The van der Waals surface area contributed by atoms with Gasteiger partial charge in [-0.25, -0.2) is 0 Å². The largest absolute Gasteiger partial charge is 0.481 e. The second kappa shape index (κ2) is 11.9. The Kier molecular flexibility index (Phi) is 10.0. The van der Waals surface area contributed by atoms with E-state index >= 15 is 0 Å². The number of ketones is 1. The molecule has 128 valence electrons. The van der Waals surface area contributed by atoms with Crippen LogP contribution >= 0.6 is 0 Å². The third-order valence-electron chi connectivity index (χ3n) is 4.31. The van der Waals surface area contributed by atoms with E-state index < -0.39 is 5.97 Å². The molecular formula is C20H30O3. The maximum atomic E-state index is 11.9. The molecule has 1 aromatic rings. The van der Waals surface area contributed by atoms with Gasteiger partial charge in [-0.15, -0.1) is 0 Å². The molecule has 1 aromatic carbocycles. The minimum absolute atomic E-state index is 0.211. The Hall–Kier alpha value is -1.64. The topological polar surface area (TPSA) is 54.4 Å². The van der Waals surface area contributed by atoms with Gasteiger partial charge in [-0.05, 0) is 12.8 Å². The molecule has 0 radical (unpaired) electrons. The molecule has 3 nitrogen and oxygen atoms in total. The summed E-state index contributed by atoms with van der Waals surface area (Å²) in [6, 6.07) is 9.51. The van der Waals surface area contributed by atoms with Gasteiger partial charge in [0, 0.05) is 12.0 Å². The highest BCUT2D eigenvalue weighted by Gasteiger charge is 2.09. The number of carboxylic acids is 1. The van der Waals surface area contributed by atoms with Gasteiger partial charge in [0.05, 0.1) is 5.92 Å². The van der Waals surface area contributed by atoms with Gasteiger partial charge < -0.3 is 5.11 Å². The van der Waals surface area contributed by atoms with Crippen LogP contribution in [0.4, 0.5) is 0 Å². The van der Waals surface area contributed by atoms with Crippen LogP contribution in [0.2, 0.25) is 0 Å². The lowest BCUT2D eigenvalue weighted by Gasteiger charge is -2.05. The predicted octanol–water partition coefficient (Wildman–Crippen LogP) is 5.49. The number of hydrogen-bond donors (Lipinski definition) is 1. The average Bonchev–Trinajstić information content (AvgIpc) is 2.56. The van der Waals surface area contributed by atoms with E-state index in [1.165, 1.54) is 25.7 Å². The standard InChI is InChI=1S/C20H30O3/c1-17(20(22)23)13-9-6-4-2-3-5-7-12-16-19(21)18-14-10-8-11-15-18/h8,10-11,14-15,17H,2-7,9,12-13,16H2,1H3,(H,22,23). The molecule has 0 aliphatic carbocycles. The number of Topliss-reactive ketones (excluding diaryl/α,β-unsaturated/α-hetero) is 1. The first kappa shape index (κ1) is 19.4. The van der Waals surface area contributed by atoms with E-state index in [1.54, 1.807) is 6.92 Å². The molecule has 0 heterocycles. The van der Waals surface area contributed by atoms with Crippen molar-refractivity contribution in [3.63, 3.8) is 0 Å². The number of carboxylic acid groups (broad SMARTS) is 1. The Bertz CT molecular complexity index is 453. The molecular weight excluding hydrogens is 288 g/mol. The minimum Gasteiger partial charge on any atom is -0.481 e. The van der Waals surface area contributed by atoms with Crippen LogP contribution < -0.4 is 0 Å². The van der Waals surface area contributed by atoms with E-state index in [4.69, 9.17) is 5.11 Å². The lowest BCUT2D eigenvalue weighted by molar-refractivity contribution is -0.141. The number of hydrogen-bond acceptors (Lipinski definition) is 2. The highest BCUT2D eigenvalue weighted by Crippen LogP contribution is 2.14. The second-order valence-electron chi connectivity index (χ2n) is 6.40. The molecule has 1 N–H and O–H groups in total. The van der Waals surface area contributed by atoms with E-state index in [-0.39, 0.29) is 11.7 Å². The number of rotatable bonds is 13. The van der Waals surface area contributed by atoms with Gasteiger partial charge in [-0.2, -0.15) is 0 Å². The van der Waals surface area contributed by atoms with Gasteiger partial charge in [-0.3, -0.25) is 9.59 Å². The van der Waals surface area contributed by atoms with Crippen LogP contribution in [0.5, 0.6) is 0 Å². The zero-order chi connectivity index (χ0) is 16.9. The fourth-order valence-electron chi connectivity index (χ4n) is 2.69. The summed E-state index contributed by atoms with van der Waals surface area (Å²) in [6.07, 6.45) is 10.5. The van der Waals surface area contributed by atoms with Crippen LogP contribution in [0.1, 0.15) is 81.5 Å². The van der Waals surface area contributed by atoms with Gasteiger partial charge in [0.2, 0.25) is 0 Å². The molecule has 1 unspecified atom stereocenters. The minimum atomic E-state index is -0.685. The lowest BCUT2D eigenvalue weighted by Crippen LogP contribution is -2.08. The number of benzene rings is 1. The Labute approximate surface area is 140 Å². The summed E-state index contributed by atoms with van der Waals surface area (Å²) in [5.41, 5.74) is 0.822. The molecule has 1 atom stereocenters. The molecule has 0 saturated heterocycles. The number of unbranched alkanes of at least 4 members (excludes halogenated alkanes) is 7. The van der Waals surface area contributed by atoms with Gasteiger partial charge in [0.25, 0.3) is 0 Å². The Balaban J connectivity index is 1.90. The van der Waals surface area contributed by atoms with Crippen LogP contribution in [0.15, 0.2) is 30.3 Å². The van der Waals surface area contributed by atoms with Crippen molar-refractivity contribution in [2.75, 3.05) is 0 Å². The molecule has 0 amide bonds. The van der Waals surface area contributed by atoms with Crippen LogP contribution in [-0.2, 0) is 4.79 Å². The number of aliphatic carboxylic acids is 1. The van der Waals surface area contributed by atoms with Crippen molar-refractivity contribution in [2.24, 2.45) is 5.92 Å². The molecule has 0 aliphatic heterocycles. The third-order valence-corrected chi connectivity index (χ3v) is 4.31. The first-order valence-corrected chi connectivity index (χ1v) is 8.92. The average molecular weight is 318 g/mol. The van der Waals surface area contributed by atoms with Gasteiger partial charge in [0.1, 0.15) is 0 Å². The maximum Gasteiger partial charge on any atom is 0.306 e. The van der Waals surface area contributed by atoms with Crippen molar-refractivity contribution in [1.82, 2.24) is 0 Å². The summed E-state index contributed by atoms with van der Waals surface area (Å²) < 4.78 is 0. The molecule has 1 rings (SSSR count). The van der Waals surface area contributed by atoms with Gasteiger partial charge in [-0.1, -0.05) is 82.2 Å². The molecule has 0 aromatic heterocycles. The van der Waals surface area contributed by atoms with E-state index in [2.05, 4.69) is 0 Å². The smallest absolute Gasteiger partial charge is 0.306 e. The zero-order valence-electron chi connectivity index (χ0n) is 14.3. The van der Waals surface area contributed by atoms with E-state index in [0.717, 1.165) is 37.7 Å². The quantitative estimate of drug-likeness (QED) is 0.386. The monoisotopic (exact) mass is 318 g/mol. The van der Waals surface area contributed by atoms with Crippen molar-refractivity contribution in [2.45, 2.75) is 71.1 Å². The van der Waals surface area contributed by atoms with E-state index in [9.17, 15) is 9.59 Å². The summed E-state index contributed by atoms with van der Waals surface area (Å²) >= 11 is 0. The molecule has 3 heteroatoms. The lowest BCUT2D eigenvalue weighted by atomic mass is 10.0. The highest BCUT2D eigenvalue weighted by molar-refractivity contribution is 5.95. The number of carbonyl (C=O) groups is 2. The van der Waals surface area contributed by atoms with E-state index in [1.807, 2.05) is 30.3 Å². The van der Waals surface area contributed by atoms with Crippen LogP contribution in [-0.4, -0.2) is 16.9 Å². The van der Waals surface area contributed by atoms with Crippen molar-refractivity contribution >= 4 is 11.8 Å². The van der Waals surface area contributed by atoms with Crippen molar-refractivity contribution in [3.05, 3.63) is 35.9 Å². The van der Waals surface area contributed by atoms with Crippen molar-refractivity contribution in [3.8, 4) is 0 Å². The summed E-state index contributed by atoms with van der Waals surface area (Å²) in [4.78, 5) is 22.6. The van der Waals surface area contributed by atoms with Gasteiger partial charge in [0.15, 0.2) is 5.78 Å². The predicted molar refractivity (Wildman–Crippen MR) is 93.7 cm³/mol. The van der Waals surface area contributed by atoms with Gasteiger partial charge >= 0.3 is 5.97 Å². The SMILES string of the molecule is CC(CCCCCCCCCCC(=O)c1ccccc1)C(=O)O. The molecule has 23 heavy (non-hydrogen) atoms. The third kappa shape index (κ3) is 9.17. The summed E-state index contributed by atoms with van der Waals surface area (Å²) in [5, 5.41) is 8.79. The molecule has 0 aliphatic rings. The van der Waals surface area contributed by atoms with Crippen LogP contribution in [0.25, 0.3) is 0 Å². The summed E-state index contributed by atoms with van der Waals surface area (Å²) in [5.74, 6) is -0.648. The zero-order valence-corrected chi connectivity index (χ0v) is 14.3. The summed E-state index contributed by atoms with van der Waals surface area (Å²) in [7, 11) is 0. The Morgan fingerprint density at radius 1 is 0.870 bits per heavy atom. The Morgan fingerprint density at radius 2 is 1.39 bits per heavy atom. The molecule has 0 saturated carbocycles. The first-order valence-electron chi connectivity index (χ1n) is 8.92. The van der Waals surface area contributed by atoms with Crippen LogP contribution in [0.3, 0.4) is 0 Å². The highest BCUT2D eigenvalue weighted by atomic mass is 16.4. The molecule has 0 spiro atoms. The fraction of sp³-hybridized carbons (Fsp3) is 0.600. The van der Waals surface area contributed by atoms with Crippen molar-refractivity contribution in [1.29, 1.82) is 0 Å². The molecule has 0 fully saturated rings. The number of carbonyl (C=O) groups excluding carboxylic acids is 1. The first-order chi connectivity index (χ1) is 11.1. The normalized spacial score (nSPS) is 12.0. The maximum absolute atomic E-state index is 11.9. The molecule has 0 bridgehead atoms. The van der Waals surface area contributed by atoms with Crippen LogP contribution in [0, 0.1) is 5.92 Å². The second-order valence-corrected chi connectivity index (χ2v) is 6.40. The fourth-order valence-corrected chi connectivity index (χ4v) is 2.69. The van der Waals surface area contributed by atoms with E-state index in [0.29, 0.717) is 6.42 Å². The summed E-state index contributed by atoms with van der Waals surface area (Å²) in [6.45, 7) is 1.78. The van der Waals surface area contributed by atoms with Crippen molar-refractivity contribution < 1.29 is 14.7 Å². The Morgan fingerprint density at radius 3 is 1.96 bits per heavy atom.